The zero-order chi connectivity index (χ0) is 26.1. The predicted molar refractivity (Wildman–Crippen MR) is 147 cm³/mol. The molecule has 0 bridgehead atoms. The minimum absolute atomic E-state index is 0.0764. The molecule has 2 aliphatic heterocycles. The summed E-state index contributed by atoms with van der Waals surface area (Å²) in [4.78, 5) is 19.2. The molecule has 198 valence electrons. The summed E-state index contributed by atoms with van der Waals surface area (Å²) < 4.78 is 7.76. The van der Waals surface area contributed by atoms with Crippen LogP contribution in [0, 0.1) is 19.8 Å². The molecule has 4 heterocycles. The Balaban J connectivity index is 1.34. The standard InChI is InChI=1S/C30H36N6O2/c1-20-15-21(2)27-24(16-20)18-26(30(37)31-27)28(29-32-33-34-36(29)19-25-9-6-14-38-25)35-12-10-23(11-13-35)17-22-7-4-3-5-8-22/h3-5,7-8,15-16,18,23,25,28H,6,9-14,17,19H2,1-2H3,(H,31,37)/t25-,28+/m1/s1. The van der Waals surface area contributed by atoms with Gasteiger partial charge in [-0.25, -0.2) is 4.68 Å². The molecule has 8 heteroatoms. The lowest BCUT2D eigenvalue weighted by Gasteiger charge is -2.37. The molecule has 0 amide bonds. The van der Waals surface area contributed by atoms with Gasteiger partial charge in [-0.15, -0.1) is 5.10 Å². The van der Waals surface area contributed by atoms with Crippen molar-refractivity contribution in [3.8, 4) is 0 Å². The lowest BCUT2D eigenvalue weighted by Crippen LogP contribution is -2.41. The van der Waals surface area contributed by atoms with Gasteiger partial charge in [-0.3, -0.25) is 9.69 Å². The number of hydrogen-bond donors (Lipinski definition) is 1. The second-order valence-electron chi connectivity index (χ2n) is 11.0. The van der Waals surface area contributed by atoms with Gasteiger partial charge in [-0.2, -0.15) is 0 Å². The van der Waals surface area contributed by atoms with Crippen molar-refractivity contribution in [2.24, 2.45) is 5.92 Å². The van der Waals surface area contributed by atoms with Crippen LogP contribution in [0.15, 0.2) is 53.3 Å². The third-order valence-corrected chi connectivity index (χ3v) is 8.20. The summed E-state index contributed by atoms with van der Waals surface area (Å²) in [7, 11) is 0. The average molecular weight is 513 g/mol. The molecule has 0 spiro atoms. The van der Waals surface area contributed by atoms with Crippen molar-refractivity contribution in [2.75, 3.05) is 19.7 Å². The number of aromatic amines is 1. The second kappa shape index (κ2) is 10.8. The Morgan fingerprint density at radius 3 is 2.66 bits per heavy atom. The van der Waals surface area contributed by atoms with Crippen LogP contribution in [0.5, 0.6) is 0 Å². The first-order chi connectivity index (χ1) is 18.5. The van der Waals surface area contributed by atoms with Crippen LogP contribution in [-0.2, 0) is 17.7 Å². The number of aromatic nitrogens is 5. The van der Waals surface area contributed by atoms with Crippen molar-refractivity contribution in [3.63, 3.8) is 0 Å². The molecule has 0 saturated carbocycles. The molecule has 2 atom stereocenters. The van der Waals surface area contributed by atoms with Gasteiger partial charge in [-0.05, 0) is 104 Å². The maximum atomic E-state index is 13.6. The fourth-order valence-electron chi connectivity index (χ4n) is 6.29. The number of H-pyrrole nitrogens is 1. The first-order valence-electron chi connectivity index (χ1n) is 13.8. The molecular formula is C30H36N6O2. The molecule has 1 N–H and O–H groups in total. The van der Waals surface area contributed by atoms with E-state index in [4.69, 9.17) is 4.74 Å². The molecule has 2 aromatic carbocycles. The average Bonchev–Trinajstić information content (AvgIpc) is 3.60. The molecule has 2 aliphatic rings. The van der Waals surface area contributed by atoms with Crippen LogP contribution in [0.25, 0.3) is 10.9 Å². The van der Waals surface area contributed by atoms with Gasteiger partial charge in [0, 0.05) is 12.2 Å². The van der Waals surface area contributed by atoms with Crippen molar-refractivity contribution in [1.82, 2.24) is 30.1 Å². The number of nitrogens with one attached hydrogen (secondary N) is 1. The molecule has 0 radical (unpaired) electrons. The van der Waals surface area contributed by atoms with Crippen LogP contribution in [0.3, 0.4) is 0 Å². The van der Waals surface area contributed by atoms with E-state index in [2.05, 4.69) is 80.9 Å². The minimum atomic E-state index is -0.321. The van der Waals surface area contributed by atoms with Gasteiger partial charge < -0.3 is 9.72 Å². The molecular weight excluding hydrogens is 476 g/mol. The van der Waals surface area contributed by atoms with Crippen LogP contribution in [0.4, 0.5) is 0 Å². The van der Waals surface area contributed by atoms with Gasteiger partial charge in [-0.1, -0.05) is 42.0 Å². The Bertz CT molecular complexity index is 1450. The molecule has 0 aliphatic carbocycles. The monoisotopic (exact) mass is 512 g/mol. The van der Waals surface area contributed by atoms with Gasteiger partial charge in [0.2, 0.25) is 0 Å². The van der Waals surface area contributed by atoms with E-state index >= 15 is 0 Å². The highest BCUT2D eigenvalue weighted by atomic mass is 16.5. The van der Waals surface area contributed by atoms with E-state index in [1.807, 2.05) is 11.6 Å². The van der Waals surface area contributed by atoms with Crippen molar-refractivity contribution in [1.29, 1.82) is 0 Å². The number of piperidine rings is 1. The highest BCUT2D eigenvalue weighted by Crippen LogP contribution is 2.33. The third-order valence-electron chi connectivity index (χ3n) is 8.20. The quantitative estimate of drug-likeness (QED) is 0.396. The number of aryl methyl sites for hydroxylation is 2. The van der Waals surface area contributed by atoms with Crippen LogP contribution in [-0.4, -0.2) is 55.9 Å². The summed E-state index contributed by atoms with van der Waals surface area (Å²) in [6, 6.07) is 16.7. The van der Waals surface area contributed by atoms with E-state index in [9.17, 15) is 4.79 Å². The van der Waals surface area contributed by atoms with E-state index in [1.165, 1.54) is 11.1 Å². The third kappa shape index (κ3) is 5.15. The van der Waals surface area contributed by atoms with Crippen molar-refractivity contribution < 1.29 is 4.74 Å². The fraction of sp³-hybridized carbons (Fsp3) is 0.467. The molecule has 8 nitrogen and oxygen atoms in total. The van der Waals surface area contributed by atoms with Crippen LogP contribution in [0.2, 0.25) is 0 Å². The smallest absolute Gasteiger partial charge is 0.253 e. The number of fused-ring (bicyclic) bond motifs is 1. The largest absolute Gasteiger partial charge is 0.376 e. The van der Waals surface area contributed by atoms with Gasteiger partial charge >= 0.3 is 0 Å². The molecule has 6 rings (SSSR count). The number of hydrogen-bond acceptors (Lipinski definition) is 6. The molecule has 2 aromatic heterocycles. The molecule has 2 fully saturated rings. The van der Waals surface area contributed by atoms with Crippen molar-refractivity contribution in [2.45, 2.75) is 64.6 Å². The Labute approximate surface area is 223 Å². The van der Waals surface area contributed by atoms with E-state index < -0.39 is 0 Å². The number of rotatable bonds is 7. The zero-order valence-electron chi connectivity index (χ0n) is 22.3. The number of likely N-dealkylation sites (tertiary alicyclic amines) is 1. The molecule has 0 unspecified atom stereocenters. The summed E-state index contributed by atoms with van der Waals surface area (Å²) >= 11 is 0. The Morgan fingerprint density at radius 1 is 1.08 bits per heavy atom. The SMILES string of the molecule is Cc1cc(C)c2[nH]c(=O)c([C@@H](c3nnnn3C[C@H]3CCCO3)N3CCC(Cc4ccccc4)CC3)cc2c1. The first-order valence-corrected chi connectivity index (χ1v) is 13.8. The van der Waals surface area contributed by atoms with Gasteiger partial charge in [0.1, 0.15) is 6.04 Å². The number of pyridine rings is 1. The normalized spacial score (nSPS) is 19.8. The van der Waals surface area contributed by atoms with Crippen LogP contribution < -0.4 is 5.56 Å². The second-order valence-corrected chi connectivity index (χ2v) is 11.0. The summed E-state index contributed by atoms with van der Waals surface area (Å²) in [5.74, 6) is 1.34. The van der Waals surface area contributed by atoms with E-state index in [1.54, 1.807) is 0 Å². The van der Waals surface area contributed by atoms with E-state index in [0.717, 1.165) is 74.1 Å². The molecule has 4 aromatic rings. The van der Waals surface area contributed by atoms with Crippen LogP contribution in [0.1, 0.15) is 59.8 Å². The van der Waals surface area contributed by atoms with Gasteiger partial charge in [0.25, 0.3) is 5.56 Å². The lowest BCUT2D eigenvalue weighted by atomic mass is 9.89. The topological polar surface area (TPSA) is 88.9 Å². The lowest BCUT2D eigenvalue weighted by molar-refractivity contribution is 0.0892. The summed E-state index contributed by atoms with van der Waals surface area (Å²) in [6.07, 6.45) is 5.40. The first kappa shape index (κ1) is 24.9. The molecule has 38 heavy (non-hydrogen) atoms. The fourth-order valence-corrected chi connectivity index (χ4v) is 6.29. The zero-order valence-corrected chi connectivity index (χ0v) is 22.3. The number of ether oxygens (including phenoxy) is 1. The molecule has 2 saturated heterocycles. The number of tetrazole rings is 1. The summed E-state index contributed by atoms with van der Waals surface area (Å²) in [6.45, 7) is 7.30. The van der Waals surface area contributed by atoms with Crippen LogP contribution >= 0.6 is 0 Å². The maximum Gasteiger partial charge on any atom is 0.253 e. The van der Waals surface area contributed by atoms with E-state index in [-0.39, 0.29) is 17.7 Å². The number of nitrogens with zero attached hydrogens (tertiary/aromatic N) is 5. The van der Waals surface area contributed by atoms with E-state index in [0.29, 0.717) is 18.0 Å². The van der Waals surface area contributed by atoms with Gasteiger partial charge in [0.05, 0.1) is 18.2 Å². The number of benzene rings is 2. The minimum Gasteiger partial charge on any atom is -0.376 e. The van der Waals surface area contributed by atoms with Crippen molar-refractivity contribution >= 4 is 10.9 Å². The predicted octanol–water partition coefficient (Wildman–Crippen LogP) is 4.35. The Morgan fingerprint density at radius 2 is 1.89 bits per heavy atom. The van der Waals surface area contributed by atoms with Gasteiger partial charge in [0.15, 0.2) is 5.82 Å². The Hall–Kier alpha value is -3.36. The maximum absolute atomic E-state index is 13.6. The Kier molecular flexibility index (Phi) is 7.08. The van der Waals surface area contributed by atoms with Crippen molar-refractivity contribution in [3.05, 3.63) is 87.0 Å². The highest BCUT2D eigenvalue weighted by Gasteiger charge is 2.34. The highest BCUT2D eigenvalue weighted by molar-refractivity contribution is 5.83. The summed E-state index contributed by atoms with van der Waals surface area (Å²) in [5.41, 5.74) is 5.16. The summed E-state index contributed by atoms with van der Waals surface area (Å²) in [5, 5.41) is 14.0.